The minimum absolute atomic E-state index is 0.147. The van der Waals surface area contributed by atoms with Crippen LogP contribution in [0.2, 0.25) is 0 Å². The van der Waals surface area contributed by atoms with Crippen molar-refractivity contribution in [2.45, 2.75) is 91.2 Å². The molecule has 39 heavy (non-hydrogen) atoms. The molecule has 0 aliphatic carbocycles. The van der Waals surface area contributed by atoms with Crippen LogP contribution in [-0.4, -0.2) is 80.5 Å². The maximum Gasteiger partial charge on any atom is 0.410 e. The third-order valence-corrected chi connectivity index (χ3v) is 9.39. The Morgan fingerprint density at radius 1 is 0.821 bits per heavy atom. The van der Waals surface area contributed by atoms with E-state index in [9.17, 15) is 4.79 Å². The first-order valence-electron chi connectivity index (χ1n) is 15.5. The van der Waals surface area contributed by atoms with E-state index in [0.29, 0.717) is 10.8 Å². The molecule has 2 N–H and O–H groups in total. The lowest BCUT2D eigenvalue weighted by atomic mass is 9.71. The quantitative estimate of drug-likeness (QED) is 0.528. The van der Waals surface area contributed by atoms with Gasteiger partial charge in [0.1, 0.15) is 11.4 Å². The summed E-state index contributed by atoms with van der Waals surface area (Å²) in [6, 6.07) is 8.49. The van der Waals surface area contributed by atoms with Crippen LogP contribution in [0.4, 0.5) is 4.79 Å². The zero-order chi connectivity index (χ0) is 27.8. The second kappa shape index (κ2) is 13.7. The molecule has 7 heteroatoms. The third-order valence-electron chi connectivity index (χ3n) is 9.39. The van der Waals surface area contributed by atoms with Gasteiger partial charge in [-0.3, -0.25) is 4.90 Å². The minimum Gasteiger partial charge on any atom is -0.494 e. The van der Waals surface area contributed by atoms with Crippen molar-refractivity contribution in [3.05, 3.63) is 29.8 Å². The lowest BCUT2D eigenvalue weighted by Crippen LogP contribution is -2.48. The zero-order valence-electron chi connectivity index (χ0n) is 25.2. The molecule has 4 saturated heterocycles. The fourth-order valence-electron chi connectivity index (χ4n) is 6.76. The number of nitrogens with one attached hydrogen (secondary N) is 2. The van der Waals surface area contributed by atoms with E-state index < -0.39 is 0 Å². The highest BCUT2D eigenvalue weighted by Crippen LogP contribution is 2.41. The first-order valence-corrected chi connectivity index (χ1v) is 15.5. The van der Waals surface area contributed by atoms with Crippen LogP contribution in [0.5, 0.6) is 5.75 Å². The number of hydrogen-bond donors (Lipinski definition) is 2. The standard InChI is InChI=1S/C18H28N2O.C14H26N2O2/c1-2-21-17-6-4-3-5-16(17)15-20-13-9-18(10-14-20)7-11-19-12-8-18;1-13(2,3)18-12(17)16-10-6-14(7-11-16)4-8-15-9-5-14/h3-6,19H,2,7-15H2,1H3;15H,4-11H2,1-3H3. The van der Waals surface area contributed by atoms with Crippen molar-refractivity contribution in [2.75, 3.05) is 59.0 Å². The Hall–Kier alpha value is -1.83. The highest BCUT2D eigenvalue weighted by atomic mass is 16.6. The number of hydrogen-bond acceptors (Lipinski definition) is 6. The fraction of sp³-hybridized carbons (Fsp3) is 0.781. The van der Waals surface area contributed by atoms with Crippen LogP contribution < -0.4 is 15.4 Å². The highest BCUT2D eigenvalue weighted by Gasteiger charge is 2.38. The molecule has 0 aromatic heterocycles. The summed E-state index contributed by atoms with van der Waals surface area (Å²) in [6.07, 6.45) is 10.1. The number of nitrogens with zero attached hydrogens (tertiary/aromatic N) is 2. The Kier molecular flexibility index (Phi) is 10.6. The molecule has 4 aliphatic rings. The topological polar surface area (TPSA) is 66.1 Å². The van der Waals surface area contributed by atoms with Crippen LogP contribution in [-0.2, 0) is 11.3 Å². The van der Waals surface area contributed by atoms with Crippen LogP contribution in [0, 0.1) is 10.8 Å². The molecular weight excluding hydrogens is 488 g/mol. The molecule has 4 aliphatic heterocycles. The molecule has 1 amide bonds. The summed E-state index contributed by atoms with van der Waals surface area (Å²) in [7, 11) is 0. The molecule has 4 fully saturated rings. The van der Waals surface area contributed by atoms with Gasteiger partial charge in [-0.2, -0.15) is 0 Å². The van der Waals surface area contributed by atoms with E-state index in [1.807, 2.05) is 25.7 Å². The van der Waals surface area contributed by atoms with Crippen LogP contribution in [0.3, 0.4) is 0 Å². The first-order chi connectivity index (χ1) is 18.7. The van der Waals surface area contributed by atoms with Crippen molar-refractivity contribution in [1.29, 1.82) is 0 Å². The number of carbonyl (C=O) groups is 1. The number of likely N-dealkylation sites (tertiary alicyclic amines) is 2. The monoisotopic (exact) mass is 542 g/mol. The van der Waals surface area contributed by atoms with Crippen LogP contribution in [0.25, 0.3) is 0 Å². The summed E-state index contributed by atoms with van der Waals surface area (Å²) in [6.45, 7) is 18.5. The van der Waals surface area contributed by atoms with Gasteiger partial charge >= 0.3 is 6.09 Å². The molecule has 7 nitrogen and oxygen atoms in total. The van der Waals surface area contributed by atoms with Gasteiger partial charge in [-0.1, -0.05) is 18.2 Å². The van der Waals surface area contributed by atoms with Crippen LogP contribution in [0.1, 0.15) is 84.6 Å². The first kappa shape index (κ1) is 30.1. The predicted molar refractivity (Wildman–Crippen MR) is 158 cm³/mol. The molecule has 0 radical (unpaired) electrons. The molecule has 0 bridgehead atoms. The van der Waals surface area contributed by atoms with E-state index in [-0.39, 0.29) is 11.7 Å². The molecular formula is C32H54N4O3. The lowest BCUT2D eigenvalue weighted by Gasteiger charge is -2.44. The molecule has 0 saturated carbocycles. The molecule has 0 unspecified atom stereocenters. The Balaban J connectivity index is 0.000000183. The molecule has 1 aromatic carbocycles. The van der Waals surface area contributed by atoms with E-state index in [2.05, 4.69) is 46.7 Å². The number of ether oxygens (including phenoxy) is 2. The van der Waals surface area contributed by atoms with E-state index in [0.717, 1.165) is 57.9 Å². The highest BCUT2D eigenvalue weighted by molar-refractivity contribution is 5.68. The molecule has 0 atom stereocenters. The smallest absolute Gasteiger partial charge is 0.410 e. The van der Waals surface area contributed by atoms with Gasteiger partial charge in [0.05, 0.1) is 6.61 Å². The SMILES string of the molecule is CC(C)(C)OC(=O)N1CCC2(CCNCC2)CC1.CCOc1ccccc1CN1CCC2(CCNCC2)CC1. The minimum atomic E-state index is -0.388. The Labute approximate surface area is 237 Å². The molecule has 5 rings (SSSR count). The van der Waals surface area contributed by atoms with Crippen molar-refractivity contribution >= 4 is 6.09 Å². The Bertz CT molecular complexity index is 883. The van der Waals surface area contributed by atoms with Crippen molar-refractivity contribution in [3.63, 3.8) is 0 Å². The van der Waals surface area contributed by atoms with E-state index in [4.69, 9.17) is 9.47 Å². The number of benzene rings is 1. The number of amides is 1. The summed E-state index contributed by atoms with van der Waals surface area (Å²) >= 11 is 0. The summed E-state index contributed by atoms with van der Waals surface area (Å²) in [5.41, 5.74) is 2.08. The lowest BCUT2D eigenvalue weighted by molar-refractivity contribution is 0.00572. The molecule has 1 aromatic rings. The van der Waals surface area contributed by atoms with Gasteiger partial charge in [-0.15, -0.1) is 0 Å². The van der Waals surface area contributed by atoms with Crippen molar-refractivity contribution in [1.82, 2.24) is 20.4 Å². The zero-order valence-corrected chi connectivity index (χ0v) is 25.2. The maximum absolute atomic E-state index is 12.0. The average Bonchev–Trinajstić information content (AvgIpc) is 2.92. The van der Waals surface area contributed by atoms with E-state index in [1.165, 1.54) is 70.3 Å². The number of para-hydroxylation sites is 1. The van der Waals surface area contributed by atoms with E-state index >= 15 is 0 Å². The third kappa shape index (κ3) is 8.83. The largest absolute Gasteiger partial charge is 0.494 e. The summed E-state index contributed by atoms with van der Waals surface area (Å²) in [5.74, 6) is 1.06. The van der Waals surface area contributed by atoms with Crippen LogP contribution in [0.15, 0.2) is 24.3 Å². The fourth-order valence-corrected chi connectivity index (χ4v) is 6.76. The van der Waals surface area contributed by atoms with Crippen molar-refractivity contribution in [2.24, 2.45) is 10.8 Å². The maximum atomic E-state index is 12.0. The van der Waals surface area contributed by atoms with E-state index in [1.54, 1.807) is 0 Å². The number of piperidine rings is 4. The molecule has 4 heterocycles. The van der Waals surface area contributed by atoms with Gasteiger partial charge in [-0.05, 0) is 135 Å². The number of rotatable bonds is 4. The Morgan fingerprint density at radius 2 is 1.33 bits per heavy atom. The predicted octanol–water partition coefficient (Wildman–Crippen LogP) is 5.44. The summed E-state index contributed by atoms with van der Waals surface area (Å²) < 4.78 is 11.2. The number of carbonyl (C=O) groups excluding carboxylic acids is 1. The summed E-state index contributed by atoms with van der Waals surface area (Å²) in [4.78, 5) is 16.5. The second-order valence-electron chi connectivity index (χ2n) is 13.3. The molecule has 2 spiro atoms. The second-order valence-corrected chi connectivity index (χ2v) is 13.3. The Morgan fingerprint density at radius 3 is 1.85 bits per heavy atom. The summed E-state index contributed by atoms with van der Waals surface area (Å²) in [5, 5.41) is 6.91. The normalized spacial score (nSPS) is 23.1. The molecule has 220 valence electrons. The van der Waals surface area contributed by atoms with Crippen molar-refractivity contribution in [3.8, 4) is 5.75 Å². The van der Waals surface area contributed by atoms with Gasteiger partial charge in [0.2, 0.25) is 0 Å². The van der Waals surface area contributed by atoms with Gasteiger partial charge in [0, 0.05) is 25.2 Å². The van der Waals surface area contributed by atoms with Crippen LogP contribution >= 0.6 is 0 Å². The average molecular weight is 543 g/mol. The van der Waals surface area contributed by atoms with Gasteiger partial charge in [0.15, 0.2) is 0 Å². The van der Waals surface area contributed by atoms with Gasteiger partial charge < -0.3 is 25.0 Å². The van der Waals surface area contributed by atoms with Gasteiger partial charge in [-0.25, -0.2) is 4.79 Å². The van der Waals surface area contributed by atoms with Gasteiger partial charge in [0.25, 0.3) is 0 Å². The van der Waals surface area contributed by atoms with Crippen molar-refractivity contribution < 1.29 is 14.3 Å².